The Labute approximate surface area is 587 Å². The van der Waals surface area contributed by atoms with Gasteiger partial charge in [-0.2, -0.15) is 11.8 Å². The standard InChI is InChI=1S/C63H98N18O19S/c1-35(2)23-45(61(98)74-43(56(66)93)16-22-101-6)76-62(99)47(25-39-27-67-34-71-39)73-49(83)28-70-63(100)55(36(3)4)78-57(94)37(5)72-60(97)46(24-38-26-69-42-13-8-7-11-40(38)42)77-59(96)44(14-15-48(65)82)75-58(95)41(64)12-9-10-17-68-50(84)29-80(31-52(87)88)20-18-79(30-51(85)86)19-21-81(32-53(89)90)33-54(91)92/h7-8,11,13,26-27,34-37,41,43-47,55,69H,9-10,12,14-25,28-33,64H2,1-6H3,(H2,65,82)(H2,66,93)(H,67,71)(H,68,84)(H,70,100)(H,72,97)(H,73,83)(H,74,98)(H,75,95)(H,76,99)(H,77,96)(H,78,94)(H,85,86)(H,87,88)(H,89,90)(H,91,92)/t37-,41-,43-,44-,45-,46-,47-,55-/m0/s1. The number of primary amides is 2. The topological polar surface area (TPSA) is 577 Å². The van der Waals surface area contributed by atoms with Crippen LogP contribution in [-0.4, -0.2) is 271 Å². The highest BCUT2D eigenvalue weighted by Crippen LogP contribution is 2.20. The van der Waals surface area contributed by atoms with E-state index < -0.39 is 189 Å². The maximum Gasteiger partial charge on any atom is 0.317 e. The molecule has 0 bridgehead atoms. The molecule has 21 N–H and O–H groups in total. The molecule has 0 aliphatic carbocycles. The molecule has 0 spiro atoms. The first-order chi connectivity index (χ1) is 47.6. The first kappa shape index (κ1) is 85.4. The minimum atomic E-state index is -1.50. The number of carbonyl (C=O) groups excluding carboxylic acids is 11. The zero-order valence-corrected chi connectivity index (χ0v) is 58.3. The molecule has 2 heterocycles. The van der Waals surface area contributed by atoms with Crippen LogP contribution in [0.25, 0.3) is 10.9 Å². The third kappa shape index (κ3) is 33.3. The lowest BCUT2D eigenvalue weighted by Gasteiger charge is -2.27. The van der Waals surface area contributed by atoms with Gasteiger partial charge in [-0.1, -0.05) is 45.9 Å². The molecule has 0 saturated carbocycles. The van der Waals surface area contributed by atoms with E-state index in [-0.39, 0.29) is 90.0 Å². The van der Waals surface area contributed by atoms with Crippen LogP contribution in [0.3, 0.4) is 0 Å². The lowest BCUT2D eigenvalue weighted by atomic mass is 10.0. The molecule has 38 heteroatoms. The number of carboxylic acids is 4. The second kappa shape index (κ2) is 44.4. The number of nitrogens with zero attached hydrogens (tertiary/aromatic N) is 4. The lowest BCUT2D eigenvalue weighted by molar-refractivity contribution is -0.143. The van der Waals surface area contributed by atoms with Gasteiger partial charge in [0.25, 0.3) is 0 Å². The highest BCUT2D eigenvalue weighted by Gasteiger charge is 2.35. The number of aliphatic carboxylic acids is 4. The lowest BCUT2D eigenvalue weighted by Crippen LogP contribution is -2.59. The van der Waals surface area contributed by atoms with Crippen LogP contribution in [0.5, 0.6) is 0 Å². The third-order valence-electron chi connectivity index (χ3n) is 15.6. The van der Waals surface area contributed by atoms with E-state index in [1.54, 1.807) is 44.3 Å². The van der Waals surface area contributed by atoms with Crippen LogP contribution < -0.4 is 65.1 Å². The van der Waals surface area contributed by atoms with Crippen molar-refractivity contribution in [2.24, 2.45) is 29.0 Å². The minimum Gasteiger partial charge on any atom is -0.480 e. The fraction of sp³-hybridized carbons (Fsp3) is 0.587. The second-order valence-electron chi connectivity index (χ2n) is 24.9. The number of thioether (sulfide) groups is 1. The van der Waals surface area contributed by atoms with Crippen molar-refractivity contribution in [1.29, 1.82) is 0 Å². The van der Waals surface area contributed by atoms with Gasteiger partial charge in [0.1, 0.15) is 42.3 Å². The summed E-state index contributed by atoms with van der Waals surface area (Å²) in [5, 5.41) is 61.3. The zero-order valence-electron chi connectivity index (χ0n) is 57.5. The maximum absolute atomic E-state index is 14.4. The Kier molecular flexibility index (Phi) is 37.5. The smallest absolute Gasteiger partial charge is 0.317 e. The van der Waals surface area contributed by atoms with Gasteiger partial charge < -0.3 is 95.4 Å². The van der Waals surface area contributed by atoms with Crippen LogP contribution >= 0.6 is 11.8 Å². The van der Waals surface area contributed by atoms with E-state index in [2.05, 4.69) is 62.8 Å². The summed E-state index contributed by atoms with van der Waals surface area (Å²) in [6, 6.07) is -3.34. The Morgan fingerprint density at radius 3 is 1.67 bits per heavy atom. The zero-order chi connectivity index (χ0) is 75.5. The van der Waals surface area contributed by atoms with Crippen LogP contribution in [0.4, 0.5) is 0 Å². The van der Waals surface area contributed by atoms with E-state index in [4.69, 9.17) is 27.4 Å². The number of H-pyrrole nitrogens is 2. The molecule has 0 aliphatic heterocycles. The van der Waals surface area contributed by atoms with Crippen LogP contribution in [0.15, 0.2) is 43.0 Å². The number of hydrogen-bond acceptors (Lipinski definition) is 21. The molecule has 101 heavy (non-hydrogen) atoms. The maximum atomic E-state index is 14.4. The number of fused-ring (bicyclic) bond motifs is 1. The molecule has 1 aromatic carbocycles. The molecule has 0 fully saturated rings. The van der Waals surface area contributed by atoms with Gasteiger partial charge >= 0.3 is 23.9 Å². The summed E-state index contributed by atoms with van der Waals surface area (Å²) in [5.74, 6) is -14.2. The number of rotatable bonds is 51. The van der Waals surface area contributed by atoms with E-state index in [1.165, 1.54) is 41.0 Å². The summed E-state index contributed by atoms with van der Waals surface area (Å²) in [6.45, 7) is 4.16. The molecule has 0 radical (unpaired) electrons. The average molecular weight is 1440 g/mol. The van der Waals surface area contributed by atoms with Crippen molar-refractivity contribution < 1.29 is 92.3 Å². The molecule has 0 aliphatic rings. The summed E-state index contributed by atoms with van der Waals surface area (Å²) >= 11 is 1.45. The number of aromatic amines is 2. The number of unbranched alkanes of at least 4 members (excludes halogenated alkanes) is 1. The SMILES string of the molecule is CSCC[C@H](NC(=O)[C@H](CC(C)C)NC(=O)[C@H](Cc1cnc[nH]1)NC(=O)CNC(=O)[C@@H](NC(=O)[C@H](C)NC(=O)[C@H](Cc1c[nH]c2ccccc12)NC(=O)[C@H](CCC(N)=O)NC(=O)[C@@H](N)CCCCNC(=O)CN(CCN(CCN(CC(=O)O)CC(=O)O)CC(=O)O)CC(=O)O)C(C)C)C(N)=O. The van der Waals surface area contributed by atoms with Gasteiger partial charge in [0, 0.05) is 81.0 Å². The van der Waals surface area contributed by atoms with Crippen molar-refractivity contribution in [3.63, 3.8) is 0 Å². The number of hydrogen-bond donors (Lipinski definition) is 18. The molecule has 11 amide bonds. The largest absolute Gasteiger partial charge is 0.480 e. The van der Waals surface area contributed by atoms with Crippen LogP contribution in [0.2, 0.25) is 0 Å². The Balaban J connectivity index is 1.69. The number of imidazole rings is 1. The van der Waals surface area contributed by atoms with Gasteiger partial charge in [-0.3, -0.25) is 86.6 Å². The highest BCUT2D eigenvalue weighted by atomic mass is 32.2. The van der Waals surface area contributed by atoms with Gasteiger partial charge in [-0.05, 0) is 80.9 Å². The number of nitrogens with two attached hydrogens (primary N) is 3. The molecule has 37 nitrogen and oxygen atoms in total. The molecule has 3 rings (SSSR count). The summed E-state index contributed by atoms with van der Waals surface area (Å²) in [6.07, 6.45) is 6.05. The number of aromatic nitrogens is 3. The monoisotopic (exact) mass is 1440 g/mol. The van der Waals surface area contributed by atoms with Gasteiger partial charge in [0.2, 0.25) is 65.0 Å². The van der Waals surface area contributed by atoms with E-state index >= 15 is 0 Å². The molecule has 560 valence electrons. The Bertz CT molecular complexity index is 3280. The van der Waals surface area contributed by atoms with Crippen molar-refractivity contribution in [1.82, 2.24) is 77.5 Å². The molecular formula is C63H98N18O19S. The molecule has 0 unspecified atom stereocenters. The first-order valence-electron chi connectivity index (χ1n) is 32.7. The second-order valence-corrected chi connectivity index (χ2v) is 25.9. The van der Waals surface area contributed by atoms with Crippen LogP contribution in [-0.2, 0) is 84.8 Å². The van der Waals surface area contributed by atoms with Crippen LogP contribution in [0.1, 0.15) is 90.8 Å². The Hall–Kier alpha value is -9.79. The third-order valence-corrected chi connectivity index (χ3v) is 16.2. The van der Waals surface area contributed by atoms with Gasteiger partial charge in [0.15, 0.2) is 0 Å². The number of benzene rings is 1. The minimum absolute atomic E-state index is 0.00582. The van der Waals surface area contributed by atoms with Crippen LogP contribution in [0, 0.1) is 11.8 Å². The summed E-state index contributed by atoms with van der Waals surface area (Å²) in [7, 11) is 0. The number of carbonyl (C=O) groups is 15. The summed E-state index contributed by atoms with van der Waals surface area (Å²) in [5.41, 5.74) is 18.9. The van der Waals surface area contributed by atoms with Crippen molar-refractivity contribution in [3.05, 3.63) is 54.2 Å². The number of para-hydroxylation sites is 1. The number of amides is 11. The molecule has 3 aromatic rings. The molecule has 2 aromatic heterocycles. The van der Waals surface area contributed by atoms with Crippen molar-refractivity contribution in [2.45, 2.75) is 141 Å². The molecular weight excluding hydrogens is 1340 g/mol. The van der Waals surface area contributed by atoms with Gasteiger partial charge in [0.05, 0.1) is 51.6 Å². The van der Waals surface area contributed by atoms with Gasteiger partial charge in [-0.15, -0.1) is 0 Å². The van der Waals surface area contributed by atoms with E-state index in [9.17, 15) is 82.1 Å². The first-order valence-corrected chi connectivity index (χ1v) is 34.1. The average Bonchev–Trinajstić information content (AvgIpc) is 1.71. The quantitative estimate of drug-likeness (QED) is 0.0236. The van der Waals surface area contributed by atoms with E-state index in [0.717, 1.165) is 4.90 Å². The summed E-state index contributed by atoms with van der Waals surface area (Å²) in [4.78, 5) is 208. The number of carboxylic acid groups (broad SMARTS) is 4. The predicted octanol–water partition coefficient (Wildman–Crippen LogP) is -4.73. The van der Waals surface area contributed by atoms with E-state index in [1.807, 2.05) is 20.1 Å². The van der Waals surface area contributed by atoms with E-state index in [0.29, 0.717) is 27.9 Å². The highest BCUT2D eigenvalue weighted by molar-refractivity contribution is 7.98. The van der Waals surface area contributed by atoms with Gasteiger partial charge in [-0.25, -0.2) is 4.98 Å². The fourth-order valence-corrected chi connectivity index (χ4v) is 10.8. The predicted molar refractivity (Wildman–Crippen MR) is 366 cm³/mol. The van der Waals surface area contributed by atoms with Crippen molar-refractivity contribution in [2.75, 3.05) is 84.0 Å². The van der Waals surface area contributed by atoms with Crippen molar-refractivity contribution in [3.8, 4) is 0 Å². The summed E-state index contributed by atoms with van der Waals surface area (Å²) < 4.78 is 0. The Morgan fingerprint density at radius 2 is 1.10 bits per heavy atom. The molecule has 8 atom stereocenters. The van der Waals surface area contributed by atoms with Crippen molar-refractivity contribution >= 4 is 112 Å². The number of nitrogens with one attached hydrogen (secondary N) is 11. The normalized spacial score (nSPS) is 13.7. The molecule has 0 saturated heterocycles. The Morgan fingerprint density at radius 1 is 0.554 bits per heavy atom. The fourth-order valence-electron chi connectivity index (χ4n) is 10.3.